The number of rotatable bonds is 4. The molecule has 1 fully saturated rings. The van der Waals surface area contributed by atoms with Crippen LogP contribution in [0.3, 0.4) is 0 Å². The lowest BCUT2D eigenvalue weighted by atomic mass is 10.1. The van der Waals surface area contributed by atoms with Crippen molar-refractivity contribution < 1.29 is 8.91 Å². The number of halogens is 2. The van der Waals surface area contributed by atoms with E-state index in [1.807, 2.05) is 0 Å². The third-order valence-electron chi connectivity index (χ3n) is 3.28. The van der Waals surface area contributed by atoms with Crippen molar-refractivity contribution in [2.45, 2.75) is 25.3 Å². The molecular formula is C13H13BrFN3O. The summed E-state index contributed by atoms with van der Waals surface area (Å²) in [6, 6.07) is 4.44. The van der Waals surface area contributed by atoms with E-state index in [2.05, 4.69) is 26.1 Å². The van der Waals surface area contributed by atoms with Crippen LogP contribution >= 0.6 is 15.9 Å². The van der Waals surface area contributed by atoms with Gasteiger partial charge in [0.25, 0.3) is 0 Å². The molecule has 1 unspecified atom stereocenters. The predicted octanol–water partition coefficient (Wildman–Crippen LogP) is 2.92. The summed E-state index contributed by atoms with van der Waals surface area (Å²) < 4.78 is 19.1. The number of hydrogen-bond acceptors (Lipinski definition) is 4. The Hall–Kier alpha value is -1.27. The molecule has 4 nitrogen and oxygen atoms in total. The summed E-state index contributed by atoms with van der Waals surface area (Å²) in [6.07, 6.45) is 2.93. The molecule has 1 aliphatic rings. The monoisotopic (exact) mass is 325 g/mol. The first-order chi connectivity index (χ1) is 9.13. The quantitative estimate of drug-likeness (QED) is 0.938. The zero-order valence-corrected chi connectivity index (χ0v) is 11.7. The lowest BCUT2D eigenvalue weighted by molar-refractivity contribution is 0.364. The van der Waals surface area contributed by atoms with Crippen LogP contribution in [0.4, 0.5) is 4.39 Å². The Kier molecular flexibility index (Phi) is 3.36. The van der Waals surface area contributed by atoms with Crippen molar-refractivity contribution in [3.63, 3.8) is 0 Å². The van der Waals surface area contributed by atoms with Gasteiger partial charge in [-0.3, -0.25) is 0 Å². The van der Waals surface area contributed by atoms with Gasteiger partial charge in [0.05, 0.1) is 0 Å². The molecule has 1 saturated carbocycles. The molecular weight excluding hydrogens is 313 g/mol. The van der Waals surface area contributed by atoms with E-state index >= 15 is 0 Å². The molecule has 0 radical (unpaired) electrons. The highest BCUT2D eigenvalue weighted by atomic mass is 79.9. The molecule has 2 N–H and O–H groups in total. The second-order valence-electron chi connectivity index (χ2n) is 4.84. The van der Waals surface area contributed by atoms with Crippen molar-refractivity contribution in [3.05, 3.63) is 34.4 Å². The maximum atomic E-state index is 13.2. The minimum atomic E-state index is -0.334. The third kappa shape index (κ3) is 2.84. The highest BCUT2D eigenvalue weighted by Gasteiger charge is 2.29. The molecule has 0 saturated heterocycles. The van der Waals surface area contributed by atoms with Crippen LogP contribution in [0.15, 0.2) is 27.2 Å². The van der Waals surface area contributed by atoms with Gasteiger partial charge in [-0.2, -0.15) is 4.98 Å². The minimum absolute atomic E-state index is 0.0734. The van der Waals surface area contributed by atoms with Gasteiger partial charge in [0.1, 0.15) is 5.82 Å². The Morgan fingerprint density at radius 1 is 1.47 bits per heavy atom. The molecule has 0 spiro atoms. The van der Waals surface area contributed by atoms with Crippen molar-refractivity contribution in [3.8, 4) is 11.4 Å². The Morgan fingerprint density at radius 2 is 2.26 bits per heavy atom. The molecule has 1 heterocycles. The molecule has 0 amide bonds. The van der Waals surface area contributed by atoms with E-state index in [-0.39, 0.29) is 11.9 Å². The molecule has 2 aromatic rings. The zero-order chi connectivity index (χ0) is 13.4. The van der Waals surface area contributed by atoms with Crippen LogP contribution in [0.25, 0.3) is 11.4 Å². The first-order valence-electron chi connectivity index (χ1n) is 6.17. The topological polar surface area (TPSA) is 64.9 Å². The van der Waals surface area contributed by atoms with Gasteiger partial charge in [0.2, 0.25) is 11.7 Å². The lowest BCUT2D eigenvalue weighted by Gasteiger charge is -2.04. The van der Waals surface area contributed by atoms with Crippen LogP contribution in [0.5, 0.6) is 0 Å². The van der Waals surface area contributed by atoms with E-state index in [4.69, 9.17) is 10.3 Å². The Bertz CT molecular complexity index is 597. The van der Waals surface area contributed by atoms with E-state index in [0.717, 1.165) is 4.47 Å². The van der Waals surface area contributed by atoms with Crippen LogP contribution in [-0.4, -0.2) is 16.2 Å². The number of nitrogens with two attached hydrogens (primary N) is 1. The largest absolute Gasteiger partial charge is 0.339 e. The molecule has 1 aliphatic carbocycles. The van der Waals surface area contributed by atoms with Gasteiger partial charge in [0, 0.05) is 22.5 Å². The van der Waals surface area contributed by atoms with Crippen molar-refractivity contribution in [1.29, 1.82) is 0 Å². The number of nitrogens with zero attached hydrogens (tertiary/aromatic N) is 2. The lowest BCUT2D eigenvalue weighted by Crippen LogP contribution is -2.25. The molecule has 6 heteroatoms. The standard InChI is InChI=1S/C13H13BrFN3O/c14-10-4-3-8(15)5-9(10)13-17-12(19-18-13)6-11(16)7-1-2-7/h3-5,7,11H,1-2,6,16H2. The third-order valence-corrected chi connectivity index (χ3v) is 3.97. The van der Waals surface area contributed by atoms with Gasteiger partial charge in [-0.05, 0) is 37.0 Å². The highest BCUT2D eigenvalue weighted by Crippen LogP contribution is 2.33. The average molecular weight is 326 g/mol. The van der Waals surface area contributed by atoms with E-state index in [1.165, 1.54) is 25.0 Å². The summed E-state index contributed by atoms with van der Waals surface area (Å²) in [5.74, 6) is 1.13. The number of benzene rings is 1. The van der Waals surface area contributed by atoms with Gasteiger partial charge in [-0.1, -0.05) is 21.1 Å². The van der Waals surface area contributed by atoms with E-state index in [0.29, 0.717) is 29.6 Å². The smallest absolute Gasteiger partial charge is 0.228 e. The Labute approximate surface area is 118 Å². The van der Waals surface area contributed by atoms with E-state index in [9.17, 15) is 4.39 Å². The summed E-state index contributed by atoms with van der Waals surface area (Å²) in [5, 5.41) is 3.88. The minimum Gasteiger partial charge on any atom is -0.339 e. The molecule has 3 rings (SSSR count). The predicted molar refractivity (Wildman–Crippen MR) is 71.8 cm³/mol. The summed E-state index contributed by atoms with van der Waals surface area (Å²) >= 11 is 3.35. The number of hydrogen-bond donors (Lipinski definition) is 1. The van der Waals surface area contributed by atoms with Gasteiger partial charge in [-0.25, -0.2) is 4.39 Å². The van der Waals surface area contributed by atoms with Crippen molar-refractivity contribution in [1.82, 2.24) is 10.1 Å². The van der Waals surface area contributed by atoms with Gasteiger partial charge in [0.15, 0.2) is 0 Å². The molecule has 0 aliphatic heterocycles. The molecule has 1 aromatic heterocycles. The fourth-order valence-corrected chi connectivity index (χ4v) is 2.43. The fraction of sp³-hybridized carbons (Fsp3) is 0.385. The average Bonchev–Trinajstić information content (AvgIpc) is 3.14. The summed E-state index contributed by atoms with van der Waals surface area (Å²) in [5.41, 5.74) is 6.59. The van der Waals surface area contributed by atoms with E-state index in [1.54, 1.807) is 6.07 Å². The fourth-order valence-electron chi connectivity index (χ4n) is 2.01. The summed E-state index contributed by atoms with van der Waals surface area (Å²) in [6.45, 7) is 0. The first-order valence-corrected chi connectivity index (χ1v) is 6.96. The highest BCUT2D eigenvalue weighted by molar-refractivity contribution is 9.10. The van der Waals surface area contributed by atoms with Crippen molar-refractivity contribution in [2.24, 2.45) is 11.7 Å². The van der Waals surface area contributed by atoms with Crippen LogP contribution in [0.1, 0.15) is 18.7 Å². The maximum Gasteiger partial charge on any atom is 0.228 e. The maximum absolute atomic E-state index is 13.2. The van der Waals surface area contributed by atoms with Crippen LogP contribution < -0.4 is 5.73 Å². The van der Waals surface area contributed by atoms with Crippen LogP contribution in [0.2, 0.25) is 0 Å². The SMILES string of the molecule is NC(Cc1nc(-c2cc(F)ccc2Br)no1)C1CC1. The molecule has 0 bridgehead atoms. The van der Waals surface area contributed by atoms with Gasteiger partial charge >= 0.3 is 0 Å². The van der Waals surface area contributed by atoms with Gasteiger partial charge in [-0.15, -0.1) is 0 Å². The molecule has 1 aromatic carbocycles. The van der Waals surface area contributed by atoms with Crippen molar-refractivity contribution in [2.75, 3.05) is 0 Å². The summed E-state index contributed by atoms with van der Waals surface area (Å²) in [4.78, 5) is 4.28. The molecule has 19 heavy (non-hydrogen) atoms. The normalized spacial score (nSPS) is 16.6. The van der Waals surface area contributed by atoms with Crippen molar-refractivity contribution >= 4 is 15.9 Å². The Morgan fingerprint density at radius 3 is 3.00 bits per heavy atom. The number of aromatic nitrogens is 2. The van der Waals surface area contributed by atoms with Crippen LogP contribution in [-0.2, 0) is 6.42 Å². The van der Waals surface area contributed by atoms with Gasteiger partial charge < -0.3 is 10.3 Å². The molecule has 1 atom stereocenters. The molecule has 100 valence electrons. The Balaban J connectivity index is 1.81. The first kappa shape index (κ1) is 12.7. The van der Waals surface area contributed by atoms with Crippen LogP contribution in [0, 0.1) is 11.7 Å². The second kappa shape index (κ2) is 5.02. The zero-order valence-electron chi connectivity index (χ0n) is 10.1. The summed E-state index contributed by atoms with van der Waals surface area (Å²) in [7, 11) is 0. The second-order valence-corrected chi connectivity index (χ2v) is 5.70. The van der Waals surface area contributed by atoms with E-state index < -0.39 is 0 Å².